The van der Waals surface area contributed by atoms with Crippen molar-refractivity contribution in [3.63, 3.8) is 0 Å². The van der Waals surface area contributed by atoms with Crippen molar-refractivity contribution < 1.29 is 14.6 Å². The van der Waals surface area contributed by atoms with Gasteiger partial charge in [0.05, 0.1) is 24.9 Å². The molecule has 0 aliphatic rings. The highest BCUT2D eigenvalue weighted by Gasteiger charge is 2.25. The number of carbonyl (C=O) groups is 1. The third-order valence-electron chi connectivity index (χ3n) is 3.60. The lowest BCUT2D eigenvalue weighted by Gasteiger charge is -2.28. The molecule has 2 rings (SSSR count). The number of nitrogens with zero attached hydrogens (tertiary/aromatic N) is 3. The van der Waals surface area contributed by atoms with Crippen molar-refractivity contribution in [2.75, 3.05) is 6.54 Å². The molecule has 0 saturated carbocycles. The average molecular weight is 426 g/mol. The number of amides is 1. The van der Waals surface area contributed by atoms with Gasteiger partial charge in [-0.15, -0.1) is 0 Å². The Kier molecular flexibility index (Phi) is 6.08. The van der Waals surface area contributed by atoms with Crippen LogP contribution < -0.4 is 5.56 Å². The van der Waals surface area contributed by atoms with Gasteiger partial charge in [0.2, 0.25) is 0 Å². The van der Waals surface area contributed by atoms with Crippen LogP contribution in [0.3, 0.4) is 0 Å². The quantitative estimate of drug-likeness (QED) is 0.813. The molecule has 0 spiro atoms. The van der Waals surface area contributed by atoms with Crippen molar-refractivity contribution in [2.45, 2.75) is 52.9 Å². The highest BCUT2D eigenvalue weighted by atomic mass is 79.9. The molecule has 8 heteroatoms. The van der Waals surface area contributed by atoms with Gasteiger partial charge in [0.25, 0.3) is 5.56 Å². The van der Waals surface area contributed by atoms with Gasteiger partial charge in [0, 0.05) is 16.2 Å². The zero-order chi connectivity index (χ0) is 19.6. The maximum Gasteiger partial charge on any atom is 0.410 e. The van der Waals surface area contributed by atoms with Gasteiger partial charge >= 0.3 is 6.09 Å². The number of hydrogen-bond donors (Lipinski definition) is 1. The van der Waals surface area contributed by atoms with Crippen molar-refractivity contribution in [2.24, 2.45) is 0 Å². The molecular weight excluding hydrogens is 402 g/mol. The Morgan fingerprint density at radius 3 is 2.69 bits per heavy atom. The lowest BCUT2D eigenvalue weighted by atomic mass is 10.2. The van der Waals surface area contributed by atoms with E-state index in [2.05, 4.69) is 20.9 Å². The van der Waals surface area contributed by atoms with Crippen LogP contribution in [0.1, 0.15) is 39.0 Å². The summed E-state index contributed by atoms with van der Waals surface area (Å²) in [5.41, 5.74) is 0.540. The monoisotopic (exact) mass is 425 g/mol. The van der Waals surface area contributed by atoms with E-state index in [1.54, 1.807) is 52.9 Å². The molecule has 0 aliphatic carbocycles. The third kappa shape index (κ3) is 5.04. The van der Waals surface area contributed by atoms with E-state index >= 15 is 0 Å². The van der Waals surface area contributed by atoms with Crippen LogP contribution in [0.4, 0.5) is 4.79 Å². The number of halogens is 1. The zero-order valence-corrected chi connectivity index (χ0v) is 17.2. The van der Waals surface area contributed by atoms with Crippen molar-refractivity contribution in [1.82, 2.24) is 14.3 Å². The molecule has 0 aromatic carbocycles. The number of aromatic nitrogens is 2. The first kappa shape index (κ1) is 20.4. The molecule has 0 fully saturated rings. The van der Waals surface area contributed by atoms with Crippen LogP contribution in [0.25, 0.3) is 5.65 Å². The Morgan fingerprint density at radius 2 is 2.12 bits per heavy atom. The second kappa shape index (κ2) is 7.75. The number of carbonyl (C=O) groups excluding carboxylic acids is 1. The summed E-state index contributed by atoms with van der Waals surface area (Å²) in [4.78, 5) is 31.0. The Morgan fingerprint density at radius 1 is 1.46 bits per heavy atom. The maximum atomic E-state index is 12.6. The van der Waals surface area contributed by atoms with E-state index < -0.39 is 17.8 Å². The molecule has 0 unspecified atom stereocenters. The predicted octanol–water partition coefficient (Wildman–Crippen LogP) is 2.88. The molecule has 7 nitrogen and oxygen atoms in total. The number of aliphatic hydroxyl groups is 1. The van der Waals surface area contributed by atoms with Crippen LogP contribution in [0.2, 0.25) is 0 Å². The molecule has 26 heavy (non-hydrogen) atoms. The Bertz CT molecular complexity index is 871. The number of aliphatic hydroxyl groups excluding tert-OH is 1. The molecule has 0 aliphatic heterocycles. The molecule has 0 bridgehead atoms. The van der Waals surface area contributed by atoms with Crippen molar-refractivity contribution in [3.8, 4) is 0 Å². The van der Waals surface area contributed by atoms with Crippen LogP contribution in [0.5, 0.6) is 0 Å². The minimum absolute atomic E-state index is 0.0733. The summed E-state index contributed by atoms with van der Waals surface area (Å²) >= 11 is 3.37. The van der Waals surface area contributed by atoms with Gasteiger partial charge in [-0.3, -0.25) is 14.1 Å². The van der Waals surface area contributed by atoms with E-state index in [1.165, 1.54) is 9.30 Å². The van der Waals surface area contributed by atoms with Crippen LogP contribution in [0.15, 0.2) is 27.6 Å². The van der Waals surface area contributed by atoms with E-state index in [-0.39, 0.29) is 18.6 Å². The van der Waals surface area contributed by atoms with Gasteiger partial charge in [0.15, 0.2) is 0 Å². The lowest BCUT2D eigenvalue weighted by molar-refractivity contribution is 0.0139. The van der Waals surface area contributed by atoms with E-state index in [4.69, 9.17) is 4.74 Å². The molecule has 0 saturated heterocycles. The molecule has 142 valence electrons. The van der Waals surface area contributed by atoms with Gasteiger partial charge in [-0.1, -0.05) is 15.9 Å². The SMILES string of the molecule is Cc1c(CN(C[C@H](C)O)C(=O)OC(C)(C)C)nc2cc(Br)ccn2c1=O. The molecular formula is C18H24BrN3O4. The second-order valence-electron chi connectivity index (χ2n) is 7.27. The van der Waals surface area contributed by atoms with Gasteiger partial charge in [-0.05, 0) is 46.8 Å². The molecule has 2 heterocycles. The van der Waals surface area contributed by atoms with E-state index in [1.807, 2.05) is 0 Å². The fourth-order valence-corrected chi connectivity index (χ4v) is 2.75. The summed E-state index contributed by atoms with van der Waals surface area (Å²) in [6, 6.07) is 3.49. The number of fused-ring (bicyclic) bond motifs is 1. The van der Waals surface area contributed by atoms with Gasteiger partial charge in [-0.2, -0.15) is 0 Å². The minimum atomic E-state index is -0.737. The fourth-order valence-electron chi connectivity index (χ4n) is 2.43. The smallest absolute Gasteiger partial charge is 0.410 e. The summed E-state index contributed by atoms with van der Waals surface area (Å²) in [6.07, 6.45) is 0.347. The third-order valence-corrected chi connectivity index (χ3v) is 4.09. The van der Waals surface area contributed by atoms with Crippen LogP contribution in [-0.2, 0) is 11.3 Å². The Hall–Kier alpha value is -1.93. The van der Waals surface area contributed by atoms with Gasteiger partial charge < -0.3 is 9.84 Å². The fraction of sp³-hybridized carbons (Fsp3) is 0.500. The number of ether oxygens (including phenoxy) is 1. The predicted molar refractivity (Wildman–Crippen MR) is 102 cm³/mol. The summed E-state index contributed by atoms with van der Waals surface area (Å²) in [5, 5.41) is 9.74. The van der Waals surface area contributed by atoms with E-state index in [0.29, 0.717) is 16.9 Å². The molecule has 2 aromatic heterocycles. The van der Waals surface area contributed by atoms with E-state index in [9.17, 15) is 14.7 Å². The largest absolute Gasteiger partial charge is 0.444 e. The summed E-state index contributed by atoms with van der Waals surface area (Å²) in [6.45, 7) is 8.73. The first-order valence-electron chi connectivity index (χ1n) is 8.31. The maximum absolute atomic E-state index is 12.6. The van der Waals surface area contributed by atoms with Gasteiger partial charge in [0.1, 0.15) is 11.2 Å². The summed E-state index contributed by atoms with van der Waals surface area (Å²) in [5.74, 6) is 0. The van der Waals surface area contributed by atoms with Gasteiger partial charge in [-0.25, -0.2) is 9.78 Å². The van der Waals surface area contributed by atoms with Crippen molar-refractivity contribution >= 4 is 27.7 Å². The van der Waals surface area contributed by atoms with Crippen molar-refractivity contribution in [3.05, 3.63) is 44.4 Å². The molecule has 2 aromatic rings. The van der Waals surface area contributed by atoms with Crippen LogP contribution >= 0.6 is 15.9 Å². The van der Waals surface area contributed by atoms with E-state index in [0.717, 1.165) is 4.47 Å². The minimum Gasteiger partial charge on any atom is -0.444 e. The summed E-state index contributed by atoms with van der Waals surface area (Å²) in [7, 11) is 0. The van der Waals surface area contributed by atoms with Crippen LogP contribution in [0, 0.1) is 6.92 Å². The average Bonchev–Trinajstić information content (AvgIpc) is 2.49. The topological polar surface area (TPSA) is 84.1 Å². The first-order valence-corrected chi connectivity index (χ1v) is 9.10. The molecule has 0 radical (unpaired) electrons. The molecule has 1 N–H and O–H groups in total. The lowest BCUT2D eigenvalue weighted by Crippen LogP contribution is -2.40. The highest BCUT2D eigenvalue weighted by Crippen LogP contribution is 2.15. The number of pyridine rings is 1. The summed E-state index contributed by atoms with van der Waals surface area (Å²) < 4.78 is 7.66. The second-order valence-corrected chi connectivity index (χ2v) is 8.19. The first-order chi connectivity index (χ1) is 12.0. The van der Waals surface area contributed by atoms with Crippen molar-refractivity contribution in [1.29, 1.82) is 0 Å². The molecule has 1 atom stereocenters. The Labute approximate surface area is 160 Å². The Balaban J connectivity index is 2.42. The molecule has 1 amide bonds. The number of rotatable bonds is 4. The van der Waals surface area contributed by atoms with Crippen LogP contribution in [-0.4, -0.2) is 43.7 Å². The normalized spacial score (nSPS) is 12.9. The zero-order valence-electron chi connectivity index (χ0n) is 15.6. The number of hydrogen-bond acceptors (Lipinski definition) is 5. The highest BCUT2D eigenvalue weighted by molar-refractivity contribution is 9.10. The standard InChI is InChI=1S/C18H24BrN3O4/c1-11(23)9-21(17(25)26-18(3,4)5)10-14-12(2)16(24)22-7-6-13(19)8-15(22)20-14/h6-8,11,23H,9-10H2,1-5H3/t11-/m0/s1.